The van der Waals surface area contributed by atoms with E-state index in [0.717, 1.165) is 37.1 Å². The van der Waals surface area contributed by atoms with Gasteiger partial charge < -0.3 is 10.2 Å². The molecule has 1 spiro atoms. The second kappa shape index (κ2) is 7.42. The van der Waals surface area contributed by atoms with Crippen LogP contribution in [0.2, 0.25) is 0 Å². The van der Waals surface area contributed by atoms with Crippen molar-refractivity contribution < 1.29 is 9.59 Å². The summed E-state index contributed by atoms with van der Waals surface area (Å²) in [5, 5.41) is 2.87. The quantitative estimate of drug-likeness (QED) is 0.870. The van der Waals surface area contributed by atoms with E-state index >= 15 is 0 Å². The lowest BCUT2D eigenvalue weighted by molar-refractivity contribution is -0.134. The molecule has 1 aliphatic carbocycles. The van der Waals surface area contributed by atoms with Crippen LogP contribution in [0.4, 0.5) is 0 Å². The van der Waals surface area contributed by atoms with Crippen LogP contribution in [0.1, 0.15) is 48.5 Å². The number of piperidine rings is 1. The van der Waals surface area contributed by atoms with Crippen LogP contribution in [0.5, 0.6) is 0 Å². The molecule has 0 bridgehead atoms. The van der Waals surface area contributed by atoms with Crippen LogP contribution < -0.4 is 5.32 Å². The lowest BCUT2D eigenvalue weighted by Crippen LogP contribution is -2.49. The Kier molecular flexibility index (Phi) is 4.96. The van der Waals surface area contributed by atoms with E-state index in [0.29, 0.717) is 11.0 Å². The molecule has 2 aromatic carbocycles. The minimum atomic E-state index is -0.502. The highest BCUT2D eigenvalue weighted by molar-refractivity contribution is 5.97. The van der Waals surface area contributed by atoms with Gasteiger partial charge in [-0.15, -0.1) is 0 Å². The summed E-state index contributed by atoms with van der Waals surface area (Å²) < 4.78 is 0. The second-order valence-corrected chi connectivity index (χ2v) is 8.46. The maximum absolute atomic E-state index is 12.7. The lowest BCUT2D eigenvalue weighted by atomic mass is 9.93. The van der Waals surface area contributed by atoms with Crippen molar-refractivity contribution in [1.82, 2.24) is 10.2 Å². The number of nitrogens with one attached hydrogen (secondary N) is 1. The molecule has 4 rings (SSSR count). The molecule has 4 nitrogen and oxygen atoms in total. The van der Waals surface area contributed by atoms with Gasteiger partial charge in [-0.1, -0.05) is 42.0 Å². The van der Waals surface area contributed by atoms with E-state index in [9.17, 15) is 9.59 Å². The molecule has 1 aliphatic heterocycles. The third-order valence-corrected chi connectivity index (χ3v) is 6.34. The molecule has 2 fully saturated rings. The van der Waals surface area contributed by atoms with Gasteiger partial charge in [-0.3, -0.25) is 9.59 Å². The molecule has 2 amide bonds. The van der Waals surface area contributed by atoms with E-state index in [1.165, 1.54) is 18.4 Å². The van der Waals surface area contributed by atoms with Crippen molar-refractivity contribution in [3.05, 3.63) is 59.7 Å². The monoisotopic (exact) mass is 376 g/mol. The largest absolute Gasteiger partial charge is 0.341 e. The maximum atomic E-state index is 12.7. The fraction of sp³-hybridized carbons (Fsp3) is 0.417. The first kappa shape index (κ1) is 18.7. The summed E-state index contributed by atoms with van der Waals surface area (Å²) in [6, 6.07) is 15.4. The highest BCUT2D eigenvalue weighted by atomic mass is 16.2. The van der Waals surface area contributed by atoms with Crippen molar-refractivity contribution in [3.8, 4) is 11.1 Å². The average molecular weight is 377 g/mol. The van der Waals surface area contributed by atoms with Gasteiger partial charge in [-0.25, -0.2) is 0 Å². The molecule has 4 heteroatoms. The van der Waals surface area contributed by atoms with Crippen molar-refractivity contribution in [1.29, 1.82) is 0 Å². The van der Waals surface area contributed by atoms with Crippen LogP contribution in [0.3, 0.4) is 0 Å². The summed E-state index contributed by atoms with van der Waals surface area (Å²) in [7, 11) is 0. The fourth-order valence-electron chi connectivity index (χ4n) is 4.05. The van der Waals surface area contributed by atoms with E-state index in [2.05, 4.69) is 36.5 Å². The van der Waals surface area contributed by atoms with E-state index in [1.54, 1.807) is 6.92 Å². The Labute approximate surface area is 166 Å². The predicted octanol–water partition coefficient (Wildman–Crippen LogP) is 4.18. The molecule has 1 N–H and O–H groups in total. The van der Waals surface area contributed by atoms with Crippen molar-refractivity contribution in [2.45, 2.75) is 45.6 Å². The van der Waals surface area contributed by atoms with Gasteiger partial charge >= 0.3 is 0 Å². The van der Waals surface area contributed by atoms with Crippen LogP contribution in [0, 0.1) is 12.3 Å². The summed E-state index contributed by atoms with van der Waals surface area (Å²) in [5.74, 6) is -0.174. The maximum Gasteiger partial charge on any atom is 0.251 e. The van der Waals surface area contributed by atoms with E-state index in [1.807, 2.05) is 29.2 Å². The third kappa shape index (κ3) is 3.96. The van der Waals surface area contributed by atoms with Gasteiger partial charge in [-0.05, 0) is 68.2 Å². The number of nitrogens with zero attached hydrogens (tertiary/aromatic N) is 1. The molecule has 0 aromatic heterocycles. The van der Waals surface area contributed by atoms with Crippen LogP contribution in [-0.4, -0.2) is 35.8 Å². The molecule has 1 saturated heterocycles. The molecular weight excluding hydrogens is 348 g/mol. The Bertz CT molecular complexity index is 856. The third-order valence-electron chi connectivity index (χ3n) is 6.34. The lowest BCUT2D eigenvalue weighted by Gasteiger charge is -2.33. The number of hydrogen-bond donors (Lipinski definition) is 1. The predicted molar refractivity (Wildman–Crippen MR) is 111 cm³/mol. The van der Waals surface area contributed by atoms with Gasteiger partial charge in [0.25, 0.3) is 5.91 Å². The van der Waals surface area contributed by atoms with Gasteiger partial charge in [0.15, 0.2) is 0 Å². The van der Waals surface area contributed by atoms with Crippen molar-refractivity contribution in [3.63, 3.8) is 0 Å². The Morgan fingerprint density at radius 3 is 1.96 bits per heavy atom. The molecule has 2 aliphatic rings. The molecule has 28 heavy (non-hydrogen) atoms. The number of carbonyl (C=O) groups is 2. The highest BCUT2D eigenvalue weighted by Gasteiger charge is 2.45. The first-order valence-electron chi connectivity index (χ1n) is 10.2. The zero-order valence-corrected chi connectivity index (χ0v) is 16.7. The fourth-order valence-corrected chi connectivity index (χ4v) is 4.05. The number of amides is 2. The molecule has 1 saturated carbocycles. The van der Waals surface area contributed by atoms with Crippen LogP contribution in [0.25, 0.3) is 11.1 Å². The standard InChI is InChI=1S/C24H28N2O2/c1-17-3-5-19(6-4-17)20-7-9-21(10-8-20)22(27)25-18(2)23(28)26-15-13-24(11-12-24)14-16-26/h3-10,18H,11-16H2,1-2H3,(H,25,27)/t18-/m1/s1. The zero-order chi connectivity index (χ0) is 19.7. The first-order valence-corrected chi connectivity index (χ1v) is 10.2. The van der Waals surface area contributed by atoms with E-state index in [4.69, 9.17) is 0 Å². The molecule has 0 radical (unpaired) electrons. The van der Waals surface area contributed by atoms with Crippen LogP contribution in [0.15, 0.2) is 48.5 Å². The number of carbonyl (C=O) groups excluding carboxylic acids is 2. The minimum absolute atomic E-state index is 0.0279. The molecule has 1 heterocycles. The topological polar surface area (TPSA) is 49.4 Å². The average Bonchev–Trinajstić information content (AvgIpc) is 3.47. The van der Waals surface area contributed by atoms with Crippen molar-refractivity contribution >= 4 is 11.8 Å². The summed E-state index contributed by atoms with van der Waals surface area (Å²) in [4.78, 5) is 27.2. The molecule has 1 atom stereocenters. The van der Waals surface area contributed by atoms with Crippen molar-refractivity contribution in [2.24, 2.45) is 5.41 Å². The van der Waals surface area contributed by atoms with Crippen LogP contribution >= 0.6 is 0 Å². The van der Waals surface area contributed by atoms with Crippen molar-refractivity contribution in [2.75, 3.05) is 13.1 Å². The summed E-state index contributed by atoms with van der Waals surface area (Å²) >= 11 is 0. The second-order valence-electron chi connectivity index (χ2n) is 8.46. The Morgan fingerprint density at radius 1 is 0.893 bits per heavy atom. The summed E-state index contributed by atoms with van der Waals surface area (Å²) in [5.41, 5.74) is 4.54. The zero-order valence-electron chi connectivity index (χ0n) is 16.7. The van der Waals surface area contributed by atoms with E-state index < -0.39 is 6.04 Å². The first-order chi connectivity index (χ1) is 13.5. The van der Waals surface area contributed by atoms with Gasteiger partial charge in [0.2, 0.25) is 5.91 Å². The minimum Gasteiger partial charge on any atom is -0.341 e. The Balaban J connectivity index is 1.34. The highest BCUT2D eigenvalue weighted by Crippen LogP contribution is 2.53. The molecule has 2 aromatic rings. The summed E-state index contributed by atoms with van der Waals surface area (Å²) in [6.45, 7) is 5.49. The molecular formula is C24H28N2O2. The number of rotatable bonds is 4. The number of likely N-dealkylation sites (tertiary alicyclic amines) is 1. The number of hydrogen-bond acceptors (Lipinski definition) is 2. The Morgan fingerprint density at radius 2 is 1.43 bits per heavy atom. The smallest absolute Gasteiger partial charge is 0.251 e. The number of benzene rings is 2. The SMILES string of the molecule is Cc1ccc(-c2ccc(C(=O)N[C@H](C)C(=O)N3CCC4(CC3)CC4)cc2)cc1. The summed E-state index contributed by atoms with van der Waals surface area (Å²) in [6.07, 6.45) is 4.86. The molecule has 0 unspecified atom stereocenters. The Hall–Kier alpha value is -2.62. The van der Waals surface area contributed by atoms with Gasteiger partial charge in [-0.2, -0.15) is 0 Å². The number of aryl methyl sites for hydroxylation is 1. The van der Waals surface area contributed by atoms with E-state index in [-0.39, 0.29) is 11.8 Å². The van der Waals surface area contributed by atoms with Gasteiger partial charge in [0, 0.05) is 18.7 Å². The molecule has 146 valence electrons. The van der Waals surface area contributed by atoms with Gasteiger partial charge in [0.05, 0.1) is 0 Å². The van der Waals surface area contributed by atoms with Gasteiger partial charge in [0.1, 0.15) is 6.04 Å². The normalized spacial score (nSPS) is 18.6. The van der Waals surface area contributed by atoms with Crippen LogP contribution in [-0.2, 0) is 4.79 Å².